The lowest BCUT2D eigenvalue weighted by Gasteiger charge is -2.28. The predicted molar refractivity (Wildman–Crippen MR) is 202 cm³/mol. The molecule has 4 heterocycles. The first kappa shape index (κ1) is 39.2. The highest BCUT2D eigenvalue weighted by molar-refractivity contribution is 5.86. The number of ether oxygens (including phenoxy) is 2. The second-order valence-electron chi connectivity index (χ2n) is 14.9. The van der Waals surface area contributed by atoms with Crippen molar-refractivity contribution in [2.45, 2.75) is 97.1 Å². The highest BCUT2D eigenvalue weighted by Crippen LogP contribution is 2.22. The maximum atomic E-state index is 12.3. The van der Waals surface area contributed by atoms with E-state index in [0.717, 1.165) is 73.5 Å². The monoisotopic (exact) mass is 698 g/mol. The lowest BCUT2D eigenvalue weighted by atomic mass is 10.1. The number of carbonyl (C=O) groups is 3. The number of amides is 2. The maximum absolute atomic E-state index is 12.3. The van der Waals surface area contributed by atoms with Crippen LogP contribution in [0.5, 0.6) is 0 Å². The average molecular weight is 699 g/mol. The molecule has 2 aliphatic heterocycles. The van der Waals surface area contributed by atoms with E-state index in [4.69, 9.17) is 15.2 Å². The normalized spacial score (nSPS) is 17.3. The molecule has 3 N–H and O–H groups in total. The summed E-state index contributed by atoms with van der Waals surface area (Å²) in [4.78, 5) is 46.4. The van der Waals surface area contributed by atoms with Crippen molar-refractivity contribution in [2.75, 3.05) is 26.2 Å². The molecule has 0 bridgehead atoms. The number of aldehydes is 1. The Hall–Kier alpha value is -4.61. The van der Waals surface area contributed by atoms with Crippen molar-refractivity contribution in [3.63, 3.8) is 0 Å². The smallest absolute Gasteiger partial charge is 0.410 e. The molecule has 2 fully saturated rings. The van der Waals surface area contributed by atoms with Crippen molar-refractivity contribution >= 4 is 40.0 Å². The van der Waals surface area contributed by atoms with E-state index in [0.29, 0.717) is 18.8 Å². The fraction of sp³-hybridized carbons (Fsp3) is 0.475. The highest BCUT2D eigenvalue weighted by Gasteiger charge is 2.32. The van der Waals surface area contributed by atoms with Gasteiger partial charge in [0.05, 0.1) is 5.69 Å². The van der Waals surface area contributed by atoms with Crippen LogP contribution in [0.15, 0.2) is 73.1 Å². The fourth-order valence-electron chi connectivity index (χ4n) is 6.01. The van der Waals surface area contributed by atoms with Crippen LogP contribution in [0.4, 0.5) is 9.59 Å². The Balaban J connectivity index is 0.000000189. The highest BCUT2D eigenvalue weighted by atomic mass is 16.6. The summed E-state index contributed by atoms with van der Waals surface area (Å²) in [6.07, 6.45) is 8.00. The SMILES string of the molecule is CC(C)(C)OC(=O)N1CCC[C@H]1CN.CC(C)(C)OC(=O)N1CCC[C@H]1CNCc1cc2ccccc2cn1.O=Cc1cc2ccccc2cn1. The van der Waals surface area contributed by atoms with E-state index in [-0.39, 0.29) is 24.3 Å². The number of benzene rings is 2. The molecule has 6 rings (SSSR count). The largest absolute Gasteiger partial charge is 0.444 e. The van der Waals surface area contributed by atoms with Crippen molar-refractivity contribution in [1.29, 1.82) is 0 Å². The van der Waals surface area contributed by atoms with Crippen LogP contribution >= 0.6 is 0 Å². The van der Waals surface area contributed by atoms with Gasteiger partial charge in [0, 0.05) is 68.0 Å². The minimum absolute atomic E-state index is 0.171. The summed E-state index contributed by atoms with van der Waals surface area (Å²) in [7, 11) is 0. The number of carbonyl (C=O) groups excluding carboxylic acids is 3. The molecule has 2 amide bonds. The van der Waals surface area contributed by atoms with Crippen LogP contribution in [-0.4, -0.2) is 87.7 Å². The number of hydrogen-bond acceptors (Lipinski definition) is 9. The molecular weight excluding hydrogens is 644 g/mol. The maximum Gasteiger partial charge on any atom is 0.410 e. The number of rotatable bonds is 6. The average Bonchev–Trinajstić information content (AvgIpc) is 3.77. The van der Waals surface area contributed by atoms with Gasteiger partial charge in [-0.2, -0.15) is 0 Å². The first-order valence-corrected chi connectivity index (χ1v) is 17.8. The minimum atomic E-state index is -0.452. The summed E-state index contributed by atoms with van der Waals surface area (Å²) >= 11 is 0. The van der Waals surface area contributed by atoms with Gasteiger partial charge in [0.1, 0.15) is 16.9 Å². The van der Waals surface area contributed by atoms with Crippen LogP contribution in [0.1, 0.15) is 83.4 Å². The van der Waals surface area contributed by atoms with Gasteiger partial charge in [0.15, 0.2) is 6.29 Å². The third-order valence-corrected chi connectivity index (χ3v) is 8.43. The van der Waals surface area contributed by atoms with Gasteiger partial charge in [-0.25, -0.2) is 9.59 Å². The van der Waals surface area contributed by atoms with Crippen LogP contribution < -0.4 is 11.1 Å². The molecule has 51 heavy (non-hydrogen) atoms. The molecule has 0 spiro atoms. The van der Waals surface area contributed by atoms with Crippen LogP contribution in [0.25, 0.3) is 21.5 Å². The standard InChI is InChI=1S/C20H27N3O2.C10H20N2O2.C10H7NO/c1-20(2,3)25-19(24)23-10-6-9-18(23)14-21-13-17-11-15-7-4-5-8-16(15)12-22-17;1-10(2,3)14-9(13)12-6-4-5-8(12)7-11;12-7-10-5-8-3-1-2-4-9(8)6-11-10/h4-5,7-8,11-12,18,21H,6,9-10,13-14H2,1-3H3;8H,4-7,11H2,1-3H3;1-7H/t18-;8-;/m00./s1. The molecule has 274 valence electrons. The number of pyridine rings is 2. The van der Waals surface area contributed by atoms with Gasteiger partial charge in [-0.3, -0.25) is 14.8 Å². The molecule has 11 heteroatoms. The topological polar surface area (TPSA) is 140 Å². The van der Waals surface area contributed by atoms with Crippen molar-refractivity contribution in [3.05, 3.63) is 84.4 Å². The summed E-state index contributed by atoms with van der Waals surface area (Å²) in [5.74, 6) is 0. The van der Waals surface area contributed by atoms with Gasteiger partial charge in [0.2, 0.25) is 0 Å². The number of fused-ring (bicyclic) bond motifs is 2. The number of nitrogens with two attached hydrogens (primary N) is 1. The van der Waals surface area contributed by atoms with Crippen LogP contribution in [-0.2, 0) is 16.0 Å². The second-order valence-corrected chi connectivity index (χ2v) is 14.9. The molecule has 2 aromatic heterocycles. The van der Waals surface area contributed by atoms with Crippen LogP contribution in [0.2, 0.25) is 0 Å². The zero-order valence-electron chi connectivity index (χ0n) is 30.9. The van der Waals surface area contributed by atoms with E-state index in [1.54, 1.807) is 17.2 Å². The summed E-state index contributed by atoms with van der Waals surface area (Å²) in [6, 6.07) is 20.3. The Morgan fingerprint density at radius 3 is 1.80 bits per heavy atom. The van der Waals surface area contributed by atoms with Gasteiger partial charge in [-0.05, 0) is 90.1 Å². The molecule has 2 saturated heterocycles. The van der Waals surface area contributed by atoms with Crippen molar-refractivity contribution < 1.29 is 23.9 Å². The molecule has 2 atom stereocenters. The third kappa shape index (κ3) is 12.3. The molecule has 0 unspecified atom stereocenters. The Labute approximate surface area is 301 Å². The lowest BCUT2D eigenvalue weighted by molar-refractivity contribution is 0.0218. The Morgan fingerprint density at radius 2 is 1.27 bits per heavy atom. The number of likely N-dealkylation sites (tertiary alicyclic amines) is 2. The van der Waals surface area contributed by atoms with Crippen molar-refractivity contribution in [2.24, 2.45) is 5.73 Å². The summed E-state index contributed by atoms with van der Waals surface area (Å²) < 4.78 is 10.8. The third-order valence-electron chi connectivity index (χ3n) is 8.43. The molecule has 0 aliphatic carbocycles. The molecule has 0 radical (unpaired) electrons. The van der Waals surface area contributed by atoms with Crippen molar-refractivity contribution in [1.82, 2.24) is 25.1 Å². The summed E-state index contributed by atoms with van der Waals surface area (Å²) in [6.45, 7) is 14.9. The first-order chi connectivity index (χ1) is 24.3. The van der Waals surface area contributed by atoms with Crippen molar-refractivity contribution in [3.8, 4) is 0 Å². The Morgan fingerprint density at radius 1 is 0.784 bits per heavy atom. The number of aromatic nitrogens is 2. The van der Waals surface area contributed by atoms with Gasteiger partial charge in [0.25, 0.3) is 0 Å². The number of hydrogen-bond donors (Lipinski definition) is 2. The molecule has 2 aliphatic rings. The predicted octanol–water partition coefficient (Wildman–Crippen LogP) is 7.12. The summed E-state index contributed by atoms with van der Waals surface area (Å²) in [5.41, 5.74) is 6.20. The van der Waals surface area contributed by atoms with E-state index in [2.05, 4.69) is 33.5 Å². The first-order valence-electron chi connectivity index (χ1n) is 17.8. The number of nitrogens with zero attached hydrogens (tertiary/aromatic N) is 4. The molecular formula is C40H54N6O5. The van der Waals surface area contributed by atoms with E-state index < -0.39 is 11.2 Å². The van der Waals surface area contributed by atoms with Gasteiger partial charge in [-0.1, -0.05) is 48.5 Å². The van der Waals surface area contributed by atoms with E-state index >= 15 is 0 Å². The molecule has 11 nitrogen and oxygen atoms in total. The van der Waals surface area contributed by atoms with E-state index in [9.17, 15) is 14.4 Å². The zero-order valence-corrected chi connectivity index (χ0v) is 30.9. The molecule has 0 saturated carbocycles. The zero-order chi connectivity index (χ0) is 37.0. The number of nitrogens with one attached hydrogen (secondary N) is 1. The Bertz CT molecular complexity index is 1750. The van der Waals surface area contributed by atoms with E-state index in [1.165, 1.54) is 5.39 Å². The molecule has 4 aromatic rings. The van der Waals surface area contributed by atoms with Crippen LogP contribution in [0, 0.1) is 0 Å². The van der Waals surface area contributed by atoms with Gasteiger partial charge < -0.3 is 30.3 Å². The van der Waals surface area contributed by atoms with Gasteiger partial charge >= 0.3 is 12.2 Å². The second kappa shape index (κ2) is 18.1. The summed E-state index contributed by atoms with van der Waals surface area (Å²) in [5, 5.41) is 7.90. The molecule has 2 aromatic carbocycles. The van der Waals surface area contributed by atoms with E-state index in [1.807, 2.05) is 89.0 Å². The quantitative estimate of drug-likeness (QED) is 0.202. The van der Waals surface area contributed by atoms with Gasteiger partial charge in [-0.15, -0.1) is 0 Å². The Kier molecular flexibility index (Phi) is 13.9. The van der Waals surface area contributed by atoms with Crippen LogP contribution in [0.3, 0.4) is 0 Å². The minimum Gasteiger partial charge on any atom is -0.444 e. The fourth-order valence-corrected chi connectivity index (χ4v) is 6.01. The lowest BCUT2D eigenvalue weighted by Crippen LogP contribution is -2.44.